The minimum absolute atomic E-state index is 0.553. The van der Waals surface area contributed by atoms with Gasteiger partial charge in [0.25, 0.3) is 0 Å². The number of anilines is 3. The molecule has 4 heteroatoms. The molecule has 0 amide bonds. The van der Waals surface area contributed by atoms with E-state index in [-0.39, 0.29) is 0 Å². The van der Waals surface area contributed by atoms with Crippen LogP contribution in [0.5, 0.6) is 0 Å². The average molecular weight is 296 g/mol. The minimum Gasteiger partial charge on any atom is -0.367 e. The van der Waals surface area contributed by atoms with Crippen molar-refractivity contribution in [2.24, 2.45) is 0 Å². The molecule has 0 aliphatic heterocycles. The van der Waals surface area contributed by atoms with Gasteiger partial charge in [-0.1, -0.05) is 37.0 Å². The quantitative estimate of drug-likeness (QED) is 0.867. The zero-order valence-electron chi connectivity index (χ0n) is 13.4. The molecule has 3 rings (SSSR count). The monoisotopic (exact) mass is 296 g/mol. The highest BCUT2D eigenvalue weighted by molar-refractivity contribution is 5.62. The van der Waals surface area contributed by atoms with E-state index in [1.54, 1.807) is 6.33 Å². The molecule has 1 aromatic carbocycles. The van der Waals surface area contributed by atoms with E-state index in [0.717, 1.165) is 17.3 Å². The van der Waals surface area contributed by atoms with Gasteiger partial charge in [0.1, 0.15) is 18.0 Å². The number of aryl methyl sites for hydroxylation is 2. The van der Waals surface area contributed by atoms with Crippen LogP contribution in [0.2, 0.25) is 0 Å². The molecule has 0 atom stereocenters. The summed E-state index contributed by atoms with van der Waals surface area (Å²) in [4.78, 5) is 8.68. The smallest absolute Gasteiger partial charge is 0.135 e. The molecule has 0 radical (unpaired) electrons. The van der Waals surface area contributed by atoms with E-state index >= 15 is 0 Å². The van der Waals surface area contributed by atoms with Gasteiger partial charge in [0.05, 0.1) is 0 Å². The van der Waals surface area contributed by atoms with Crippen LogP contribution in [0.15, 0.2) is 30.6 Å². The van der Waals surface area contributed by atoms with E-state index in [9.17, 15) is 0 Å². The molecule has 0 bridgehead atoms. The predicted octanol–water partition coefficient (Wildman–Crippen LogP) is 4.58. The molecule has 0 spiro atoms. The second-order valence-corrected chi connectivity index (χ2v) is 6.21. The summed E-state index contributed by atoms with van der Waals surface area (Å²) in [5.74, 6) is 1.74. The Morgan fingerprint density at radius 1 is 0.955 bits per heavy atom. The lowest BCUT2D eigenvalue weighted by atomic mass is 9.95. The first-order chi connectivity index (χ1) is 10.7. The van der Waals surface area contributed by atoms with Gasteiger partial charge in [-0.3, -0.25) is 0 Å². The lowest BCUT2D eigenvalue weighted by molar-refractivity contribution is 0.462. The fourth-order valence-corrected chi connectivity index (χ4v) is 3.05. The number of benzene rings is 1. The van der Waals surface area contributed by atoms with Crippen LogP contribution in [0.4, 0.5) is 17.3 Å². The highest BCUT2D eigenvalue weighted by Gasteiger charge is 2.13. The second-order valence-electron chi connectivity index (χ2n) is 6.21. The molecular formula is C18H24N4. The van der Waals surface area contributed by atoms with Crippen LogP contribution in [-0.4, -0.2) is 16.0 Å². The third kappa shape index (κ3) is 3.75. The van der Waals surface area contributed by atoms with Crippen molar-refractivity contribution in [3.63, 3.8) is 0 Å². The maximum absolute atomic E-state index is 4.35. The molecule has 2 N–H and O–H groups in total. The highest BCUT2D eigenvalue weighted by atomic mass is 15.1. The summed E-state index contributed by atoms with van der Waals surface area (Å²) in [7, 11) is 0. The van der Waals surface area contributed by atoms with Crippen molar-refractivity contribution in [2.45, 2.75) is 52.0 Å². The molecule has 116 valence electrons. The third-order valence-electron chi connectivity index (χ3n) is 4.27. The Labute approximate surface area is 132 Å². The maximum atomic E-state index is 4.35. The summed E-state index contributed by atoms with van der Waals surface area (Å²) in [6.07, 6.45) is 8.10. The van der Waals surface area contributed by atoms with Crippen LogP contribution in [0, 0.1) is 13.8 Å². The SMILES string of the molecule is Cc1ccc(Nc2cc(NC3CCCCC3)ncn2)c(C)c1. The van der Waals surface area contributed by atoms with Crippen molar-refractivity contribution in [1.82, 2.24) is 9.97 Å². The molecule has 1 aromatic heterocycles. The lowest BCUT2D eigenvalue weighted by Crippen LogP contribution is -2.22. The van der Waals surface area contributed by atoms with Crippen molar-refractivity contribution in [2.75, 3.05) is 10.6 Å². The van der Waals surface area contributed by atoms with Crippen LogP contribution in [-0.2, 0) is 0 Å². The van der Waals surface area contributed by atoms with Crippen molar-refractivity contribution in [1.29, 1.82) is 0 Å². The van der Waals surface area contributed by atoms with Crippen molar-refractivity contribution in [3.05, 3.63) is 41.7 Å². The van der Waals surface area contributed by atoms with Gasteiger partial charge in [-0.15, -0.1) is 0 Å². The predicted molar refractivity (Wildman–Crippen MR) is 91.7 cm³/mol. The van der Waals surface area contributed by atoms with Gasteiger partial charge in [0, 0.05) is 17.8 Å². The molecular weight excluding hydrogens is 272 g/mol. The Morgan fingerprint density at radius 2 is 1.73 bits per heavy atom. The Kier molecular flexibility index (Phi) is 4.56. The first kappa shape index (κ1) is 14.8. The molecule has 1 aliphatic rings. The van der Waals surface area contributed by atoms with Crippen molar-refractivity contribution in [3.8, 4) is 0 Å². The van der Waals surface area contributed by atoms with Gasteiger partial charge in [0.2, 0.25) is 0 Å². The highest BCUT2D eigenvalue weighted by Crippen LogP contribution is 2.23. The summed E-state index contributed by atoms with van der Waals surface area (Å²) in [5.41, 5.74) is 3.58. The van der Waals surface area contributed by atoms with E-state index in [0.29, 0.717) is 6.04 Å². The molecule has 22 heavy (non-hydrogen) atoms. The van der Waals surface area contributed by atoms with Crippen LogP contribution in [0.1, 0.15) is 43.2 Å². The fourth-order valence-electron chi connectivity index (χ4n) is 3.05. The first-order valence-corrected chi connectivity index (χ1v) is 8.13. The van der Waals surface area contributed by atoms with Gasteiger partial charge in [0.15, 0.2) is 0 Å². The number of hydrogen-bond acceptors (Lipinski definition) is 4. The molecule has 0 unspecified atom stereocenters. The number of nitrogens with one attached hydrogen (secondary N) is 2. The molecule has 1 aliphatic carbocycles. The molecule has 0 saturated heterocycles. The molecule has 1 saturated carbocycles. The Balaban J connectivity index is 1.70. The van der Waals surface area contributed by atoms with Gasteiger partial charge in [-0.25, -0.2) is 9.97 Å². The average Bonchev–Trinajstić information content (AvgIpc) is 2.52. The van der Waals surface area contributed by atoms with Gasteiger partial charge >= 0.3 is 0 Å². The van der Waals surface area contributed by atoms with Crippen LogP contribution >= 0.6 is 0 Å². The summed E-state index contributed by atoms with van der Waals surface area (Å²) in [6, 6.07) is 8.93. The largest absolute Gasteiger partial charge is 0.367 e. The zero-order chi connectivity index (χ0) is 15.4. The van der Waals surface area contributed by atoms with Gasteiger partial charge < -0.3 is 10.6 Å². The van der Waals surface area contributed by atoms with Crippen molar-refractivity contribution >= 4 is 17.3 Å². The summed E-state index contributed by atoms with van der Waals surface area (Å²) in [6.45, 7) is 4.21. The molecule has 4 nitrogen and oxygen atoms in total. The molecule has 1 heterocycles. The Bertz CT molecular complexity index is 633. The van der Waals surface area contributed by atoms with Crippen LogP contribution < -0.4 is 10.6 Å². The molecule has 1 fully saturated rings. The number of aromatic nitrogens is 2. The Hall–Kier alpha value is -2.10. The van der Waals surface area contributed by atoms with Crippen LogP contribution in [0.25, 0.3) is 0 Å². The summed E-state index contributed by atoms with van der Waals surface area (Å²) < 4.78 is 0. The normalized spacial score (nSPS) is 15.5. The molecule has 2 aromatic rings. The van der Waals surface area contributed by atoms with E-state index in [4.69, 9.17) is 0 Å². The van der Waals surface area contributed by atoms with E-state index in [1.165, 1.54) is 43.2 Å². The maximum Gasteiger partial charge on any atom is 0.135 e. The fraction of sp³-hybridized carbons (Fsp3) is 0.444. The van der Waals surface area contributed by atoms with E-state index in [2.05, 4.69) is 52.6 Å². The number of rotatable bonds is 4. The second kappa shape index (κ2) is 6.77. The number of nitrogens with zero attached hydrogens (tertiary/aromatic N) is 2. The van der Waals surface area contributed by atoms with E-state index < -0.39 is 0 Å². The topological polar surface area (TPSA) is 49.8 Å². The Morgan fingerprint density at radius 3 is 2.50 bits per heavy atom. The zero-order valence-corrected chi connectivity index (χ0v) is 13.4. The minimum atomic E-state index is 0.553. The van der Waals surface area contributed by atoms with Crippen LogP contribution in [0.3, 0.4) is 0 Å². The van der Waals surface area contributed by atoms with Gasteiger partial charge in [-0.05, 0) is 38.3 Å². The standard InChI is InChI=1S/C18H24N4/c1-13-8-9-16(14(2)10-13)22-18-11-17(19-12-20-18)21-15-6-4-3-5-7-15/h8-12,15H,3-7H2,1-2H3,(H2,19,20,21,22). The van der Waals surface area contributed by atoms with E-state index in [1.807, 2.05) is 6.07 Å². The van der Waals surface area contributed by atoms with Crippen molar-refractivity contribution < 1.29 is 0 Å². The summed E-state index contributed by atoms with van der Waals surface area (Å²) >= 11 is 0. The number of hydrogen-bond donors (Lipinski definition) is 2. The third-order valence-corrected chi connectivity index (χ3v) is 4.27. The first-order valence-electron chi connectivity index (χ1n) is 8.13. The summed E-state index contributed by atoms with van der Waals surface area (Å²) in [5, 5.41) is 6.93. The van der Waals surface area contributed by atoms with Gasteiger partial charge in [-0.2, -0.15) is 0 Å². The lowest BCUT2D eigenvalue weighted by Gasteiger charge is -2.23.